The maximum absolute atomic E-state index is 10.5. The van der Waals surface area contributed by atoms with Crippen molar-refractivity contribution >= 4 is 10.1 Å². The Morgan fingerprint density at radius 3 is 2.20 bits per heavy atom. The summed E-state index contributed by atoms with van der Waals surface area (Å²) in [6.45, 7) is 2.75. The van der Waals surface area contributed by atoms with Gasteiger partial charge < -0.3 is 6.53 Å². The van der Waals surface area contributed by atoms with Gasteiger partial charge in [0.2, 0.25) is 0 Å². The van der Waals surface area contributed by atoms with Crippen molar-refractivity contribution in [1.82, 2.24) is 0 Å². The van der Waals surface area contributed by atoms with Crippen molar-refractivity contribution in [3.05, 3.63) is 0 Å². The van der Waals surface area contributed by atoms with Gasteiger partial charge in [0.1, 0.15) is 0 Å². The van der Waals surface area contributed by atoms with Crippen LogP contribution in [-0.2, 0) is 14.3 Å². The Bertz CT molecular complexity index is 167. The summed E-state index contributed by atoms with van der Waals surface area (Å²) < 4.78 is 25.1. The van der Waals surface area contributed by atoms with Crippen LogP contribution in [0.15, 0.2) is 0 Å². The Kier molecular flexibility index (Phi) is 7.42. The molecule has 0 aliphatic carbocycles. The van der Waals surface area contributed by atoms with Crippen LogP contribution >= 0.6 is 0 Å². The van der Waals surface area contributed by atoms with Crippen LogP contribution in [0.4, 0.5) is 0 Å². The molecule has 0 bridgehead atoms. The number of rotatable bonds is 3. The molecular weight excluding hydrogens is 167 g/mol. The van der Waals surface area contributed by atoms with Crippen LogP contribution in [0.25, 0.3) is 0 Å². The first kappa shape index (κ1) is 13.5. The monoisotopic (exact) mass is 178 g/mol. The molecule has 0 saturated heterocycles. The molecule has 0 aliphatic heterocycles. The molecule has 58 valence electrons. The van der Waals surface area contributed by atoms with Gasteiger partial charge in [-0.3, -0.25) is 4.18 Å². The first-order chi connectivity index (χ1) is 4.00. The van der Waals surface area contributed by atoms with Crippen LogP contribution in [0, 0.1) is 0 Å². The zero-order valence-electron chi connectivity index (χ0n) is 7.36. The number of hydrogen-bond donors (Lipinski definition) is 1. The van der Waals surface area contributed by atoms with E-state index in [9.17, 15) is 8.42 Å². The Hall–Kier alpha value is 0.870. The summed E-state index contributed by atoms with van der Waals surface area (Å²) in [5.41, 5.74) is -1.43. The van der Waals surface area contributed by atoms with Crippen LogP contribution in [0.1, 0.15) is 15.3 Å². The number of aliphatic hydroxyl groups excluding tert-OH is 1. The van der Waals surface area contributed by atoms with Crippen molar-refractivity contribution in [2.24, 2.45) is 0 Å². The zero-order valence-corrected chi connectivity index (χ0v) is 9.18. The summed E-state index contributed by atoms with van der Waals surface area (Å²) in [5.74, 6) is 0. The molecule has 0 amide bonds. The molecule has 0 aliphatic rings. The van der Waals surface area contributed by atoms with Crippen molar-refractivity contribution < 1.29 is 48.7 Å². The van der Waals surface area contributed by atoms with E-state index in [4.69, 9.17) is 5.11 Å². The molecule has 0 heterocycles. The second-order valence-electron chi connectivity index (χ2n) is 1.50. The molecule has 1 N–H and O–H groups in total. The van der Waals surface area contributed by atoms with Gasteiger partial charge in [0.25, 0.3) is 10.1 Å². The molecule has 0 radical (unpaired) electrons. The van der Waals surface area contributed by atoms with Gasteiger partial charge in [-0.25, -0.2) is 0 Å². The van der Waals surface area contributed by atoms with Gasteiger partial charge in [0, 0.05) is 0 Å². The number of aliphatic hydroxyl groups is 1. The molecule has 0 spiro atoms. The third-order valence-electron chi connectivity index (χ3n) is 0.700. The zero-order chi connectivity index (χ0) is 7.49. The Labute approximate surface area is 84.5 Å². The van der Waals surface area contributed by atoms with Gasteiger partial charge in [0.05, 0.1) is 6.61 Å². The normalized spacial score (nSPS) is 13.9. The SMILES string of the molecule is CCOS(=O)(=O)C(C)O.[H-].[Na+]. The summed E-state index contributed by atoms with van der Waals surface area (Å²) in [4.78, 5) is 0. The van der Waals surface area contributed by atoms with E-state index >= 15 is 0 Å². The van der Waals surface area contributed by atoms with E-state index in [0.29, 0.717) is 0 Å². The minimum atomic E-state index is -3.69. The van der Waals surface area contributed by atoms with E-state index in [1.54, 1.807) is 6.92 Å². The molecule has 6 heteroatoms. The fraction of sp³-hybridized carbons (Fsp3) is 1.00. The van der Waals surface area contributed by atoms with Crippen LogP contribution in [-0.4, -0.2) is 25.6 Å². The van der Waals surface area contributed by atoms with Crippen molar-refractivity contribution in [3.8, 4) is 0 Å². The van der Waals surface area contributed by atoms with Crippen LogP contribution < -0.4 is 29.6 Å². The quantitative estimate of drug-likeness (QED) is 0.365. The van der Waals surface area contributed by atoms with Gasteiger partial charge >= 0.3 is 29.6 Å². The molecule has 0 aromatic rings. The summed E-state index contributed by atoms with van der Waals surface area (Å²) in [6, 6.07) is 0. The average Bonchev–Trinajstić information content (AvgIpc) is 1.65. The fourth-order valence-electron chi connectivity index (χ4n) is 0.263. The second kappa shape index (κ2) is 5.51. The van der Waals surface area contributed by atoms with Gasteiger partial charge in [-0.15, -0.1) is 0 Å². The summed E-state index contributed by atoms with van der Waals surface area (Å²) in [6.07, 6.45) is 0. The van der Waals surface area contributed by atoms with E-state index in [2.05, 4.69) is 4.18 Å². The van der Waals surface area contributed by atoms with Crippen LogP contribution in [0.2, 0.25) is 0 Å². The third kappa shape index (κ3) is 4.65. The Morgan fingerprint density at radius 2 is 2.10 bits per heavy atom. The van der Waals surface area contributed by atoms with Crippen LogP contribution in [0.5, 0.6) is 0 Å². The topological polar surface area (TPSA) is 63.6 Å². The maximum Gasteiger partial charge on any atom is 1.00 e. The van der Waals surface area contributed by atoms with E-state index in [1.165, 1.54) is 0 Å². The van der Waals surface area contributed by atoms with Crippen molar-refractivity contribution in [3.63, 3.8) is 0 Å². The van der Waals surface area contributed by atoms with E-state index < -0.39 is 15.6 Å². The molecule has 1 unspecified atom stereocenters. The maximum atomic E-state index is 10.5. The standard InChI is InChI=1S/C4H10O4S.Na.H/c1-3-8-9(6,7)4(2)5;;/h4-5H,3H2,1-2H3;;/q;+1;-1. The third-order valence-corrected chi connectivity index (χ3v) is 2.10. The Balaban J connectivity index is -0.000000320. The predicted octanol–water partition coefficient (Wildman–Crippen LogP) is -3.19. The summed E-state index contributed by atoms with van der Waals surface area (Å²) >= 11 is 0. The molecular formula is C4H11NaO4S. The molecule has 0 saturated carbocycles. The largest absolute Gasteiger partial charge is 1.00 e. The van der Waals surface area contributed by atoms with E-state index in [0.717, 1.165) is 6.92 Å². The number of hydrogen-bond acceptors (Lipinski definition) is 4. The Morgan fingerprint density at radius 1 is 1.70 bits per heavy atom. The second-order valence-corrected chi connectivity index (χ2v) is 3.40. The molecule has 0 aromatic heterocycles. The van der Waals surface area contributed by atoms with Crippen molar-refractivity contribution in [2.45, 2.75) is 19.3 Å². The first-order valence-electron chi connectivity index (χ1n) is 2.57. The predicted molar refractivity (Wildman–Crippen MR) is 33.3 cm³/mol. The van der Waals surface area contributed by atoms with Gasteiger partial charge in [-0.1, -0.05) is 0 Å². The smallest absolute Gasteiger partial charge is 1.00 e. The minimum absolute atomic E-state index is 0. The van der Waals surface area contributed by atoms with Crippen LogP contribution in [0.3, 0.4) is 0 Å². The molecule has 10 heavy (non-hydrogen) atoms. The first-order valence-corrected chi connectivity index (χ1v) is 4.04. The molecule has 4 nitrogen and oxygen atoms in total. The molecule has 0 aromatic carbocycles. The average molecular weight is 178 g/mol. The van der Waals surface area contributed by atoms with Gasteiger partial charge in [-0.05, 0) is 13.8 Å². The van der Waals surface area contributed by atoms with E-state index in [1.807, 2.05) is 0 Å². The van der Waals surface area contributed by atoms with E-state index in [-0.39, 0.29) is 37.6 Å². The minimum Gasteiger partial charge on any atom is -1.00 e. The van der Waals surface area contributed by atoms with Crippen molar-refractivity contribution in [2.75, 3.05) is 6.61 Å². The fourth-order valence-corrected chi connectivity index (χ4v) is 0.788. The summed E-state index contributed by atoms with van der Waals surface area (Å²) in [5, 5.41) is 8.50. The van der Waals surface area contributed by atoms with Gasteiger partial charge in [0.15, 0.2) is 5.44 Å². The van der Waals surface area contributed by atoms with Gasteiger partial charge in [-0.2, -0.15) is 8.42 Å². The molecule has 0 fully saturated rings. The van der Waals surface area contributed by atoms with Crippen molar-refractivity contribution in [1.29, 1.82) is 0 Å². The molecule has 0 rings (SSSR count). The molecule has 1 atom stereocenters. The summed E-state index contributed by atoms with van der Waals surface area (Å²) in [7, 11) is -3.69.